The van der Waals surface area contributed by atoms with Crippen molar-refractivity contribution in [3.8, 4) is 0 Å². The van der Waals surface area contributed by atoms with Crippen LogP contribution < -0.4 is 4.72 Å². The number of rotatable bonds is 4. The molecule has 116 valence electrons. The fraction of sp³-hybridized carbons (Fsp3) is 0.200. The zero-order valence-corrected chi connectivity index (χ0v) is 13.3. The molecule has 0 spiro atoms. The number of nitro benzene ring substituents is 1. The van der Waals surface area contributed by atoms with Gasteiger partial charge in [-0.1, -0.05) is 18.2 Å². The first-order valence-corrected chi connectivity index (χ1v) is 8.05. The van der Waals surface area contributed by atoms with Crippen LogP contribution in [-0.2, 0) is 10.0 Å². The topological polar surface area (TPSA) is 89.3 Å². The highest BCUT2D eigenvalue weighted by Gasteiger charge is 2.20. The third-order valence-corrected chi connectivity index (χ3v) is 4.90. The maximum atomic E-state index is 12.4. The molecule has 0 aliphatic heterocycles. The predicted molar refractivity (Wildman–Crippen MR) is 84.6 cm³/mol. The molecule has 1 N–H and O–H groups in total. The Kier molecular flexibility index (Phi) is 4.18. The summed E-state index contributed by atoms with van der Waals surface area (Å²) in [5.41, 5.74) is 2.42. The van der Waals surface area contributed by atoms with Gasteiger partial charge >= 0.3 is 0 Å². The molecule has 0 amide bonds. The van der Waals surface area contributed by atoms with E-state index in [9.17, 15) is 18.5 Å². The van der Waals surface area contributed by atoms with Gasteiger partial charge in [0.15, 0.2) is 0 Å². The van der Waals surface area contributed by atoms with Crippen molar-refractivity contribution in [2.24, 2.45) is 0 Å². The van der Waals surface area contributed by atoms with E-state index in [1.807, 2.05) is 19.9 Å². The van der Waals surface area contributed by atoms with Gasteiger partial charge in [-0.3, -0.25) is 14.8 Å². The highest BCUT2D eigenvalue weighted by Crippen LogP contribution is 2.25. The van der Waals surface area contributed by atoms with Crippen molar-refractivity contribution in [3.05, 3.63) is 63.2 Å². The van der Waals surface area contributed by atoms with Crippen molar-refractivity contribution in [1.29, 1.82) is 0 Å². The number of nitrogens with one attached hydrogen (secondary N) is 1. The number of hydrogen-bond acceptors (Lipinski definition) is 4. The van der Waals surface area contributed by atoms with Gasteiger partial charge in [0, 0.05) is 11.6 Å². The lowest BCUT2D eigenvalue weighted by Crippen LogP contribution is -2.14. The summed E-state index contributed by atoms with van der Waals surface area (Å²) >= 11 is 0. The van der Waals surface area contributed by atoms with Crippen LogP contribution in [0.15, 0.2) is 41.3 Å². The van der Waals surface area contributed by atoms with Crippen molar-refractivity contribution < 1.29 is 13.3 Å². The second kappa shape index (κ2) is 5.76. The minimum Gasteiger partial charge on any atom is -0.279 e. The molecule has 0 bridgehead atoms. The van der Waals surface area contributed by atoms with E-state index in [4.69, 9.17) is 0 Å². The van der Waals surface area contributed by atoms with Gasteiger partial charge in [-0.25, -0.2) is 8.42 Å². The van der Waals surface area contributed by atoms with E-state index in [1.54, 1.807) is 19.1 Å². The van der Waals surface area contributed by atoms with Crippen LogP contribution in [0, 0.1) is 30.9 Å². The van der Waals surface area contributed by atoms with E-state index in [0.717, 1.165) is 17.2 Å². The molecule has 0 aliphatic carbocycles. The third kappa shape index (κ3) is 3.09. The fourth-order valence-corrected chi connectivity index (χ4v) is 3.16. The molecule has 2 rings (SSSR count). The van der Waals surface area contributed by atoms with Crippen molar-refractivity contribution >= 4 is 21.4 Å². The monoisotopic (exact) mass is 320 g/mol. The number of sulfonamides is 1. The first-order chi connectivity index (χ1) is 10.2. The van der Waals surface area contributed by atoms with Gasteiger partial charge in [0.25, 0.3) is 15.7 Å². The minimum absolute atomic E-state index is 0.134. The Morgan fingerprint density at radius 2 is 1.73 bits per heavy atom. The molecule has 0 radical (unpaired) electrons. The fourth-order valence-electron chi connectivity index (χ4n) is 2.02. The zero-order chi connectivity index (χ0) is 16.5. The van der Waals surface area contributed by atoms with E-state index in [2.05, 4.69) is 4.72 Å². The lowest BCUT2D eigenvalue weighted by atomic mass is 10.1. The van der Waals surface area contributed by atoms with Crippen LogP contribution in [-0.4, -0.2) is 13.3 Å². The maximum absolute atomic E-state index is 12.4. The molecule has 0 saturated carbocycles. The molecule has 0 aromatic heterocycles. The molecule has 0 fully saturated rings. The van der Waals surface area contributed by atoms with Crippen LogP contribution in [0.25, 0.3) is 0 Å². The predicted octanol–water partition coefficient (Wildman–Crippen LogP) is 3.32. The van der Waals surface area contributed by atoms with Gasteiger partial charge < -0.3 is 0 Å². The highest BCUT2D eigenvalue weighted by atomic mass is 32.2. The lowest BCUT2D eigenvalue weighted by molar-refractivity contribution is -0.385. The van der Waals surface area contributed by atoms with E-state index in [-0.39, 0.29) is 10.6 Å². The molecule has 7 heteroatoms. The maximum Gasteiger partial charge on any atom is 0.273 e. The molecular formula is C15H16N2O4S. The molecule has 0 unspecified atom stereocenters. The first kappa shape index (κ1) is 16.0. The largest absolute Gasteiger partial charge is 0.279 e. The number of benzene rings is 2. The molecule has 22 heavy (non-hydrogen) atoms. The molecular weight excluding hydrogens is 304 g/mol. The van der Waals surface area contributed by atoms with Gasteiger partial charge in [0.05, 0.1) is 15.5 Å². The second-order valence-corrected chi connectivity index (χ2v) is 6.74. The Morgan fingerprint density at radius 1 is 1.05 bits per heavy atom. The van der Waals surface area contributed by atoms with Crippen LogP contribution in [0.3, 0.4) is 0 Å². The number of nitrogens with zero attached hydrogens (tertiary/aromatic N) is 1. The number of hydrogen-bond donors (Lipinski definition) is 1. The highest BCUT2D eigenvalue weighted by molar-refractivity contribution is 7.92. The zero-order valence-electron chi connectivity index (χ0n) is 12.5. The molecule has 0 saturated heterocycles. The summed E-state index contributed by atoms with van der Waals surface area (Å²) in [6.45, 7) is 5.25. The smallest absolute Gasteiger partial charge is 0.273 e. The van der Waals surface area contributed by atoms with Crippen LogP contribution in [0.5, 0.6) is 0 Å². The summed E-state index contributed by atoms with van der Waals surface area (Å²) in [6.07, 6.45) is 0. The number of aryl methyl sites for hydroxylation is 2. The summed E-state index contributed by atoms with van der Waals surface area (Å²) < 4.78 is 27.3. The van der Waals surface area contributed by atoms with E-state index < -0.39 is 14.9 Å². The van der Waals surface area contributed by atoms with Gasteiger partial charge in [0.1, 0.15) is 0 Å². The van der Waals surface area contributed by atoms with E-state index >= 15 is 0 Å². The minimum atomic E-state index is -3.88. The SMILES string of the molecule is Cc1ccc(S(=O)(=O)Nc2cccc(C)c2C)cc1[N+](=O)[O-]. The summed E-state index contributed by atoms with van der Waals surface area (Å²) in [4.78, 5) is 10.2. The van der Waals surface area contributed by atoms with Gasteiger partial charge in [-0.05, 0) is 44.0 Å². The molecule has 2 aromatic carbocycles. The quantitative estimate of drug-likeness (QED) is 0.691. The normalized spacial score (nSPS) is 11.2. The first-order valence-electron chi connectivity index (χ1n) is 6.56. The van der Waals surface area contributed by atoms with Crippen molar-refractivity contribution in [1.82, 2.24) is 0 Å². The van der Waals surface area contributed by atoms with E-state index in [0.29, 0.717) is 11.3 Å². The lowest BCUT2D eigenvalue weighted by Gasteiger charge is -2.12. The van der Waals surface area contributed by atoms with Crippen molar-refractivity contribution in [2.75, 3.05) is 4.72 Å². The Labute approximate surface area is 129 Å². The second-order valence-electron chi connectivity index (χ2n) is 5.06. The molecule has 0 atom stereocenters. The molecule has 2 aromatic rings. The third-order valence-electron chi connectivity index (χ3n) is 3.54. The Hall–Kier alpha value is -2.41. The van der Waals surface area contributed by atoms with Crippen LogP contribution in [0.2, 0.25) is 0 Å². The standard InChI is InChI=1S/C15H16N2O4S/c1-10-5-4-6-14(12(10)3)16-22(20,21)13-8-7-11(2)15(9-13)17(18)19/h4-9,16H,1-3H3. The summed E-state index contributed by atoms with van der Waals surface area (Å²) in [7, 11) is -3.88. The number of nitro groups is 1. The summed E-state index contributed by atoms with van der Waals surface area (Å²) in [5, 5.41) is 10.9. The summed E-state index contributed by atoms with van der Waals surface area (Å²) in [5.74, 6) is 0. The number of anilines is 1. The van der Waals surface area contributed by atoms with Crippen LogP contribution in [0.4, 0.5) is 11.4 Å². The average Bonchev–Trinajstić information content (AvgIpc) is 2.43. The molecule has 0 heterocycles. The van der Waals surface area contributed by atoms with Gasteiger partial charge in [-0.15, -0.1) is 0 Å². The van der Waals surface area contributed by atoms with Gasteiger partial charge in [0.2, 0.25) is 0 Å². The van der Waals surface area contributed by atoms with Crippen molar-refractivity contribution in [2.45, 2.75) is 25.7 Å². The van der Waals surface area contributed by atoms with Crippen LogP contribution >= 0.6 is 0 Å². The summed E-state index contributed by atoms with van der Waals surface area (Å²) in [6, 6.07) is 9.14. The van der Waals surface area contributed by atoms with Crippen molar-refractivity contribution in [3.63, 3.8) is 0 Å². The van der Waals surface area contributed by atoms with E-state index in [1.165, 1.54) is 12.1 Å². The Morgan fingerprint density at radius 3 is 2.36 bits per heavy atom. The Balaban J connectivity index is 2.45. The van der Waals surface area contributed by atoms with Gasteiger partial charge in [-0.2, -0.15) is 0 Å². The Bertz CT molecular complexity index is 845. The average molecular weight is 320 g/mol. The molecule has 6 nitrogen and oxygen atoms in total. The van der Waals surface area contributed by atoms with Crippen LogP contribution in [0.1, 0.15) is 16.7 Å². The molecule has 0 aliphatic rings.